The summed E-state index contributed by atoms with van der Waals surface area (Å²) in [5, 5.41) is 4.68. The van der Waals surface area contributed by atoms with E-state index < -0.39 is 18.9 Å². The summed E-state index contributed by atoms with van der Waals surface area (Å²) in [4.78, 5) is 22.3. The van der Waals surface area contributed by atoms with Crippen LogP contribution in [0.5, 0.6) is 0 Å². The zero-order chi connectivity index (χ0) is 15.2. The van der Waals surface area contributed by atoms with Crippen molar-refractivity contribution in [1.29, 1.82) is 0 Å². The lowest BCUT2D eigenvalue weighted by Gasteiger charge is -2.10. The van der Waals surface area contributed by atoms with Crippen molar-refractivity contribution in [2.24, 2.45) is 0 Å². The van der Waals surface area contributed by atoms with Gasteiger partial charge in [-0.05, 0) is 18.2 Å². The van der Waals surface area contributed by atoms with Crippen LogP contribution in [0.3, 0.4) is 0 Å². The van der Waals surface area contributed by atoms with Crippen molar-refractivity contribution in [3.63, 3.8) is 0 Å². The van der Waals surface area contributed by atoms with Gasteiger partial charge in [-0.15, -0.1) is 0 Å². The second-order valence-electron chi connectivity index (χ2n) is 3.80. The van der Waals surface area contributed by atoms with Gasteiger partial charge in [-0.1, -0.05) is 13.0 Å². The van der Waals surface area contributed by atoms with Crippen molar-refractivity contribution < 1.29 is 27.5 Å². The molecular weight excluding hydrogens is 277 g/mol. The molecule has 0 unspecified atom stereocenters. The van der Waals surface area contributed by atoms with Gasteiger partial charge in [0, 0.05) is 17.8 Å². The predicted molar refractivity (Wildman–Crippen MR) is 66.4 cm³/mol. The highest BCUT2D eigenvalue weighted by Crippen LogP contribution is 2.17. The van der Waals surface area contributed by atoms with Gasteiger partial charge >= 0.3 is 12.3 Å². The summed E-state index contributed by atoms with van der Waals surface area (Å²) in [6, 6.07) is 5.98. The lowest BCUT2D eigenvalue weighted by Crippen LogP contribution is -2.23. The minimum Gasteiger partial charge on any atom is -0.440 e. The summed E-state index contributed by atoms with van der Waals surface area (Å²) in [5.74, 6) is -0.221. The summed E-state index contributed by atoms with van der Waals surface area (Å²) in [6.07, 6.45) is -5.51. The Morgan fingerprint density at radius 2 is 1.80 bits per heavy atom. The molecule has 0 aliphatic rings. The van der Waals surface area contributed by atoms with Crippen LogP contribution in [-0.4, -0.2) is 24.8 Å². The van der Waals surface area contributed by atoms with Gasteiger partial charge in [-0.3, -0.25) is 10.1 Å². The van der Waals surface area contributed by atoms with E-state index in [1.54, 1.807) is 13.0 Å². The number of hydrogen-bond acceptors (Lipinski definition) is 3. The van der Waals surface area contributed by atoms with Crippen molar-refractivity contribution >= 4 is 23.4 Å². The summed E-state index contributed by atoms with van der Waals surface area (Å²) in [5.41, 5.74) is 0.636. The normalized spacial score (nSPS) is 10.8. The predicted octanol–water partition coefficient (Wildman–Crippen LogP) is 3.15. The summed E-state index contributed by atoms with van der Waals surface area (Å²) >= 11 is 0. The molecule has 0 radical (unpaired) electrons. The molecule has 0 aromatic heterocycles. The zero-order valence-corrected chi connectivity index (χ0v) is 10.6. The van der Waals surface area contributed by atoms with E-state index in [2.05, 4.69) is 15.4 Å². The average Bonchev–Trinajstić information content (AvgIpc) is 2.36. The maximum absolute atomic E-state index is 11.8. The number of nitrogens with one attached hydrogen (secondary N) is 2. The van der Waals surface area contributed by atoms with Gasteiger partial charge in [0.2, 0.25) is 5.91 Å². The Morgan fingerprint density at radius 1 is 1.20 bits per heavy atom. The standard InChI is InChI=1S/C12H13F3N2O3/c1-2-10(18)16-8-4-3-5-9(6-8)17-11(19)20-7-12(13,14)15/h3-6H,2,7H2,1H3,(H,16,18)(H,17,19). The van der Waals surface area contributed by atoms with Crippen molar-refractivity contribution in [3.8, 4) is 0 Å². The molecule has 20 heavy (non-hydrogen) atoms. The van der Waals surface area contributed by atoms with Gasteiger partial charge in [-0.25, -0.2) is 4.79 Å². The third kappa shape index (κ3) is 6.07. The van der Waals surface area contributed by atoms with Crippen molar-refractivity contribution in [1.82, 2.24) is 0 Å². The molecule has 0 atom stereocenters. The fourth-order valence-corrected chi connectivity index (χ4v) is 1.23. The van der Waals surface area contributed by atoms with Gasteiger partial charge in [-0.2, -0.15) is 13.2 Å². The molecule has 8 heteroatoms. The molecule has 0 bridgehead atoms. The Morgan fingerprint density at radius 3 is 2.35 bits per heavy atom. The number of alkyl halides is 3. The number of benzene rings is 1. The largest absolute Gasteiger partial charge is 0.440 e. The molecule has 2 N–H and O–H groups in total. The minimum atomic E-state index is -4.58. The van der Waals surface area contributed by atoms with Crippen molar-refractivity contribution in [3.05, 3.63) is 24.3 Å². The maximum Gasteiger partial charge on any atom is 0.422 e. The van der Waals surface area contributed by atoms with Crippen LogP contribution in [0.1, 0.15) is 13.3 Å². The highest BCUT2D eigenvalue weighted by Gasteiger charge is 2.29. The first-order chi connectivity index (χ1) is 9.30. The molecule has 0 aliphatic heterocycles. The Hall–Kier alpha value is -2.25. The molecule has 0 aliphatic carbocycles. The zero-order valence-electron chi connectivity index (χ0n) is 10.6. The van der Waals surface area contributed by atoms with Crippen molar-refractivity contribution in [2.75, 3.05) is 17.2 Å². The molecule has 110 valence electrons. The summed E-state index contributed by atoms with van der Waals surface area (Å²) in [6.45, 7) is 0.0109. The number of anilines is 2. The van der Waals surface area contributed by atoms with Crippen LogP contribution in [0.25, 0.3) is 0 Å². The molecule has 2 amide bonds. The maximum atomic E-state index is 11.8. The Labute approximate surface area is 113 Å². The van der Waals surface area contributed by atoms with E-state index in [1.165, 1.54) is 18.2 Å². The topological polar surface area (TPSA) is 67.4 Å². The van der Waals surface area contributed by atoms with E-state index in [1.807, 2.05) is 0 Å². The first kappa shape index (κ1) is 15.8. The summed E-state index contributed by atoms with van der Waals surface area (Å²) in [7, 11) is 0. The number of ether oxygens (including phenoxy) is 1. The third-order valence-electron chi connectivity index (χ3n) is 2.08. The molecule has 1 rings (SSSR count). The summed E-state index contributed by atoms with van der Waals surface area (Å²) < 4.78 is 39.5. The monoisotopic (exact) mass is 290 g/mol. The highest BCUT2D eigenvalue weighted by molar-refractivity contribution is 5.92. The van der Waals surface area contributed by atoms with Gasteiger partial charge < -0.3 is 10.1 Å². The molecule has 0 saturated heterocycles. The molecule has 0 heterocycles. The number of hydrogen-bond donors (Lipinski definition) is 2. The third-order valence-corrected chi connectivity index (χ3v) is 2.08. The molecule has 1 aromatic rings. The van der Waals surface area contributed by atoms with Crippen LogP contribution in [0, 0.1) is 0 Å². The fourth-order valence-electron chi connectivity index (χ4n) is 1.23. The fraction of sp³-hybridized carbons (Fsp3) is 0.333. The van der Waals surface area contributed by atoms with Crippen LogP contribution < -0.4 is 10.6 Å². The average molecular weight is 290 g/mol. The van der Waals surface area contributed by atoms with Gasteiger partial charge in [0.1, 0.15) is 0 Å². The number of carbonyl (C=O) groups is 2. The highest BCUT2D eigenvalue weighted by atomic mass is 19.4. The SMILES string of the molecule is CCC(=O)Nc1cccc(NC(=O)OCC(F)(F)F)c1. The lowest BCUT2D eigenvalue weighted by atomic mass is 10.2. The molecular formula is C12H13F3N2O3. The van der Waals surface area contributed by atoms with Crippen LogP contribution in [0.2, 0.25) is 0 Å². The van der Waals surface area contributed by atoms with E-state index >= 15 is 0 Å². The van der Waals surface area contributed by atoms with E-state index in [4.69, 9.17) is 0 Å². The Kier molecular flexibility index (Phi) is 5.36. The number of amides is 2. The first-order valence-corrected chi connectivity index (χ1v) is 5.70. The smallest absolute Gasteiger partial charge is 0.422 e. The van der Waals surface area contributed by atoms with Crippen LogP contribution in [-0.2, 0) is 9.53 Å². The van der Waals surface area contributed by atoms with E-state index in [9.17, 15) is 22.8 Å². The van der Waals surface area contributed by atoms with E-state index in [0.717, 1.165) is 0 Å². The molecule has 0 fully saturated rings. The van der Waals surface area contributed by atoms with E-state index in [0.29, 0.717) is 5.69 Å². The van der Waals surface area contributed by atoms with Crippen LogP contribution in [0.4, 0.5) is 29.3 Å². The van der Waals surface area contributed by atoms with Gasteiger partial charge in [0.25, 0.3) is 0 Å². The molecule has 5 nitrogen and oxygen atoms in total. The molecule has 0 saturated carbocycles. The second-order valence-corrected chi connectivity index (χ2v) is 3.80. The second kappa shape index (κ2) is 6.78. The van der Waals surface area contributed by atoms with Crippen LogP contribution in [0.15, 0.2) is 24.3 Å². The van der Waals surface area contributed by atoms with Crippen molar-refractivity contribution in [2.45, 2.75) is 19.5 Å². The van der Waals surface area contributed by atoms with Gasteiger partial charge in [0.05, 0.1) is 0 Å². The number of carbonyl (C=O) groups excluding carboxylic acids is 2. The Bertz CT molecular complexity index is 489. The quantitative estimate of drug-likeness (QED) is 0.895. The Balaban J connectivity index is 2.57. The first-order valence-electron chi connectivity index (χ1n) is 5.70. The minimum absolute atomic E-state index is 0.214. The van der Waals surface area contributed by atoms with Gasteiger partial charge in [0.15, 0.2) is 6.61 Å². The lowest BCUT2D eigenvalue weighted by molar-refractivity contribution is -0.159. The van der Waals surface area contributed by atoms with E-state index in [-0.39, 0.29) is 18.0 Å². The number of rotatable bonds is 4. The van der Waals surface area contributed by atoms with Crippen LogP contribution >= 0.6 is 0 Å². The molecule has 1 aromatic carbocycles. The molecule has 0 spiro atoms. The number of halogens is 3.